The molecule has 0 spiro atoms. The van der Waals surface area contributed by atoms with Crippen LogP contribution in [0.4, 0.5) is 0 Å². The molecule has 0 aromatic carbocycles. The number of methoxy groups -OCH3 is 1. The molecule has 0 aromatic heterocycles. The van der Waals surface area contributed by atoms with Crippen molar-refractivity contribution >= 4 is 11.8 Å². The van der Waals surface area contributed by atoms with Gasteiger partial charge in [0.1, 0.15) is 0 Å². The predicted molar refractivity (Wildman–Crippen MR) is 135 cm³/mol. The lowest BCUT2D eigenvalue weighted by atomic mass is 9.49. The third-order valence-electron chi connectivity index (χ3n) is 10.9. The molecule has 4 aliphatic rings. The molecule has 0 bridgehead atoms. The number of allylic oxidation sites excluding steroid dienone is 3. The summed E-state index contributed by atoms with van der Waals surface area (Å²) in [5.74, 6) is 2.85. The van der Waals surface area contributed by atoms with Crippen LogP contribution in [0.2, 0.25) is 0 Å². The molecule has 4 nitrogen and oxygen atoms in total. The molecular formula is C30H46O4. The van der Waals surface area contributed by atoms with Gasteiger partial charge in [-0.15, -0.1) is 0 Å². The van der Waals surface area contributed by atoms with Crippen molar-refractivity contribution in [3.63, 3.8) is 0 Å². The first kappa shape index (κ1) is 25.7. The summed E-state index contributed by atoms with van der Waals surface area (Å²) in [6.45, 7) is 14.0. The van der Waals surface area contributed by atoms with Gasteiger partial charge in [0.2, 0.25) is 11.4 Å². The smallest absolute Gasteiger partial charge is 0.346 e. The molecule has 4 rings (SSSR count). The molecule has 190 valence electrons. The minimum absolute atomic E-state index is 0.165. The lowest BCUT2D eigenvalue weighted by Gasteiger charge is -2.55. The monoisotopic (exact) mass is 470 g/mol. The van der Waals surface area contributed by atoms with Gasteiger partial charge >= 0.3 is 5.97 Å². The van der Waals surface area contributed by atoms with Crippen LogP contribution in [0.1, 0.15) is 86.5 Å². The number of hydrogen-bond donors (Lipinski definition) is 1. The highest BCUT2D eigenvalue weighted by Gasteiger charge is 2.67. The number of hydrogen-bond acceptors (Lipinski definition) is 4. The van der Waals surface area contributed by atoms with E-state index < -0.39 is 22.8 Å². The number of esters is 1. The molecule has 0 radical (unpaired) electrons. The number of carbonyl (C=O) groups is 2. The van der Waals surface area contributed by atoms with Gasteiger partial charge in [-0.2, -0.15) is 0 Å². The zero-order valence-corrected chi connectivity index (χ0v) is 22.4. The highest BCUT2D eigenvalue weighted by atomic mass is 16.5. The van der Waals surface area contributed by atoms with Gasteiger partial charge in [0.05, 0.1) is 7.11 Å². The molecule has 3 saturated carbocycles. The molecule has 1 N–H and O–H groups in total. The van der Waals surface area contributed by atoms with Crippen molar-refractivity contribution in [1.29, 1.82) is 0 Å². The maximum atomic E-state index is 13.1. The Hall–Kier alpha value is -1.42. The van der Waals surface area contributed by atoms with Crippen LogP contribution in [0.15, 0.2) is 23.8 Å². The van der Waals surface area contributed by atoms with E-state index >= 15 is 0 Å². The average Bonchev–Trinajstić information content (AvgIpc) is 3.25. The molecule has 0 heterocycles. The van der Waals surface area contributed by atoms with Crippen molar-refractivity contribution in [1.82, 2.24) is 0 Å². The van der Waals surface area contributed by atoms with Gasteiger partial charge in [-0.25, -0.2) is 4.79 Å². The summed E-state index contributed by atoms with van der Waals surface area (Å²) in [4.78, 5) is 25.5. The highest BCUT2D eigenvalue weighted by molar-refractivity contribution is 6.18. The number of Topliss-reactive ketones (excluding diaryl/α,β-unsaturated/α-hetero) is 1. The van der Waals surface area contributed by atoms with Gasteiger partial charge in [0.25, 0.3) is 0 Å². The summed E-state index contributed by atoms with van der Waals surface area (Å²) in [7, 11) is 1.25. The molecule has 0 aromatic rings. The zero-order chi connectivity index (χ0) is 25.1. The van der Waals surface area contributed by atoms with E-state index in [0.717, 1.165) is 19.3 Å². The van der Waals surface area contributed by atoms with E-state index in [1.54, 1.807) is 0 Å². The Morgan fingerprint density at radius 3 is 2.50 bits per heavy atom. The normalized spacial score (nSPS) is 43.3. The first-order chi connectivity index (χ1) is 15.9. The Balaban J connectivity index is 1.57. The number of ether oxygens (including phenoxy) is 1. The van der Waals surface area contributed by atoms with Crippen LogP contribution < -0.4 is 0 Å². The van der Waals surface area contributed by atoms with E-state index in [4.69, 9.17) is 4.74 Å². The SMILES string of the molecule is CCC(/C=C/[C@@H](C)[C@H]1CC[C@H]2[C@@H]3CC=C4C(=O)[C@](O)(C(=O)OC)C[C@]4(C)[C@H]3CC[C@]12C)C(C)C. The second-order valence-corrected chi connectivity index (χ2v) is 12.8. The molecule has 4 heteroatoms. The Labute approximate surface area is 206 Å². The molecule has 4 aliphatic carbocycles. The average molecular weight is 471 g/mol. The van der Waals surface area contributed by atoms with Crippen molar-refractivity contribution in [2.45, 2.75) is 92.1 Å². The summed E-state index contributed by atoms with van der Waals surface area (Å²) in [6, 6.07) is 0. The second-order valence-electron chi connectivity index (χ2n) is 12.8. The summed E-state index contributed by atoms with van der Waals surface area (Å²) >= 11 is 0. The molecule has 9 atom stereocenters. The topological polar surface area (TPSA) is 63.6 Å². The van der Waals surface area contributed by atoms with Gasteiger partial charge in [0.15, 0.2) is 0 Å². The summed E-state index contributed by atoms with van der Waals surface area (Å²) in [5.41, 5.74) is -1.47. The van der Waals surface area contributed by atoms with Crippen molar-refractivity contribution < 1.29 is 19.4 Å². The van der Waals surface area contributed by atoms with Crippen LogP contribution in [-0.4, -0.2) is 29.6 Å². The van der Waals surface area contributed by atoms with Crippen LogP contribution in [-0.2, 0) is 14.3 Å². The third-order valence-corrected chi connectivity index (χ3v) is 10.9. The number of aliphatic hydroxyl groups is 1. The van der Waals surface area contributed by atoms with Crippen molar-refractivity contribution in [2.24, 2.45) is 52.3 Å². The van der Waals surface area contributed by atoms with Crippen LogP contribution >= 0.6 is 0 Å². The van der Waals surface area contributed by atoms with Crippen molar-refractivity contribution in [3.8, 4) is 0 Å². The number of carbonyl (C=O) groups excluding carboxylic acids is 2. The van der Waals surface area contributed by atoms with E-state index in [-0.39, 0.29) is 6.42 Å². The Bertz CT molecular complexity index is 886. The van der Waals surface area contributed by atoms with E-state index in [1.165, 1.54) is 26.4 Å². The van der Waals surface area contributed by atoms with Crippen LogP contribution in [0.3, 0.4) is 0 Å². The van der Waals surface area contributed by atoms with Crippen LogP contribution in [0.5, 0.6) is 0 Å². The molecule has 1 unspecified atom stereocenters. The minimum Gasteiger partial charge on any atom is -0.467 e. The molecule has 0 amide bonds. The van der Waals surface area contributed by atoms with Gasteiger partial charge < -0.3 is 9.84 Å². The highest BCUT2D eigenvalue weighted by Crippen LogP contribution is 2.68. The lowest BCUT2D eigenvalue weighted by Crippen LogP contribution is -2.49. The predicted octanol–water partition coefficient (Wildman–Crippen LogP) is 6.13. The molecular weight excluding hydrogens is 424 g/mol. The van der Waals surface area contributed by atoms with Gasteiger partial charge in [0, 0.05) is 17.4 Å². The third kappa shape index (κ3) is 3.65. The Morgan fingerprint density at radius 2 is 1.88 bits per heavy atom. The zero-order valence-electron chi connectivity index (χ0n) is 22.4. The lowest BCUT2D eigenvalue weighted by molar-refractivity contribution is -0.166. The first-order valence-corrected chi connectivity index (χ1v) is 13.7. The quantitative estimate of drug-likeness (QED) is 0.288. The van der Waals surface area contributed by atoms with Crippen molar-refractivity contribution in [2.75, 3.05) is 7.11 Å². The number of ketones is 1. The second kappa shape index (κ2) is 8.91. The summed E-state index contributed by atoms with van der Waals surface area (Å²) in [6.07, 6.45) is 14.0. The van der Waals surface area contributed by atoms with Crippen LogP contribution in [0.25, 0.3) is 0 Å². The largest absolute Gasteiger partial charge is 0.467 e. The number of fused-ring (bicyclic) bond motifs is 5. The Kier molecular flexibility index (Phi) is 6.72. The fraction of sp³-hybridized carbons (Fsp3) is 0.800. The summed E-state index contributed by atoms with van der Waals surface area (Å²) < 4.78 is 4.84. The maximum Gasteiger partial charge on any atom is 0.346 e. The molecule has 0 aliphatic heterocycles. The van der Waals surface area contributed by atoms with Gasteiger partial charge in [-0.3, -0.25) is 4.79 Å². The standard InChI is InChI=1S/C30H46O4/c1-8-20(18(2)3)10-9-19(4)22-13-14-23-21-11-12-25-26(31)30(33,27(32)34-7)17-29(25,6)24(21)15-16-28(22,23)5/h9-10,12,18-24,33H,8,11,13-17H2,1-7H3/b10-9+/t19-,20?,21+,22-,23+,24+,28-,29-,30+/m1/s1. The van der Waals surface area contributed by atoms with Crippen molar-refractivity contribution in [3.05, 3.63) is 23.8 Å². The maximum absolute atomic E-state index is 13.1. The fourth-order valence-electron chi connectivity index (χ4n) is 9.03. The van der Waals surface area contributed by atoms with Crippen LogP contribution in [0, 0.1) is 52.3 Å². The fourth-order valence-corrected chi connectivity index (χ4v) is 9.03. The Morgan fingerprint density at radius 1 is 1.18 bits per heavy atom. The van der Waals surface area contributed by atoms with E-state index in [0.29, 0.717) is 52.4 Å². The van der Waals surface area contributed by atoms with E-state index in [2.05, 4.69) is 59.8 Å². The summed E-state index contributed by atoms with van der Waals surface area (Å²) in [5, 5.41) is 11.1. The van der Waals surface area contributed by atoms with E-state index in [1.807, 2.05) is 0 Å². The van der Waals surface area contributed by atoms with Gasteiger partial charge in [-0.05, 0) is 85.4 Å². The number of rotatable bonds is 6. The van der Waals surface area contributed by atoms with E-state index in [9.17, 15) is 14.7 Å². The first-order valence-electron chi connectivity index (χ1n) is 13.7. The molecule has 0 saturated heterocycles. The molecule has 3 fully saturated rings. The van der Waals surface area contributed by atoms with Gasteiger partial charge in [-0.1, -0.05) is 59.8 Å². The molecule has 34 heavy (non-hydrogen) atoms. The minimum atomic E-state index is -2.02.